The van der Waals surface area contributed by atoms with Crippen molar-refractivity contribution in [2.45, 2.75) is 40.0 Å². The quantitative estimate of drug-likeness (QED) is 0.641. The van der Waals surface area contributed by atoms with Crippen LogP contribution in [0.3, 0.4) is 0 Å². The van der Waals surface area contributed by atoms with Crippen molar-refractivity contribution in [2.75, 3.05) is 5.32 Å². The molecule has 3 N–H and O–H groups in total. The molecule has 0 unspecified atom stereocenters. The highest BCUT2D eigenvalue weighted by Gasteiger charge is 2.17. The number of aromatic nitrogens is 6. The fourth-order valence-corrected chi connectivity index (χ4v) is 2.82. The number of unbranched alkanes of at least 4 members (excludes halogenated alkanes) is 1. The zero-order chi connectivity index (χ0) is 18.0. The summed E-state index contributed by atoms with van der Waals surface area (Å²) in [6.07, 6.45) is 3.13. The molecule has 3 rings (SSSR count). The molecule has 0 aliphatic rings. The first kappa shape index (κ1) is 16.9. The number of carbonyl (C=O) groups is 1. The Bertz CT molecular complexity index is 887. The van der Waals surface area contributed by atoms with Crippen LogP contribution < -0.4 is 5.32 Å². The van der Waals surface area contributed by atoms with Crippen LogP contribution in [0, 0.1) is 13.8 Å². The van der Waals surface area contributed by atoms with Gasteiger partial charge in [-0.05, 0) is 32.8 Å². The molecular formula is C17H23N7O. The van der Waals surface area contributed by atoms with Crippen molar-refractivity contribution in [1.29, 1.82) is 0 Å². The number of amides is 1. The van der Waals surface area contributed by atoms with E-state index < -0.39 is 0 Å². The molecular weight excluding hydrogens is 318 g/mol. The van der Waals surface area contributed by atoms with E-state index in [1.165, 1.54) is 0 Å². The maximum absolute atomic E-state index is 12.4. The molecule has 0 aromatic carbocycles. The van der Waals surface area contributed by atoms with Gasteiger partial charge in [-0.25, -0.2) is 0 Å². The number of aryl methyl sites for hydroxylation is 3. The summed E-state index contributed by atoms with van der Waals surface area (Å²) in [5, 5.41) is 21.3. The van der Waals surface area contributed by atoms with Gasteiger partial charge >= 0.3 is 0 Å². The summed E-state index contributed by atoms with van der Waals surface area (Å²) in [6.45, 7) is 6.05. The number of hydrogen-bond acceptors (Lipinski definition) is 4. The fourth-order valence-electron chi connectivity index (χ4n) is 2.82. The molecule has 0 radical (unpaired) electrons. The number of hydrogen-bond donors (Lipinski definition) is 3. The van der Waals surface area contributed by atoms with E-state index >= 15 is 0 Å². The van der Waals surface area contributed by atoms with Crippen LogP contribution in [0.2, 0.25) is 0 Å². The van der Waals surface area contributed by atoms with Gasteiger partial charge in [-0.2, -0.15) is 15.3 Å². The van der Waals surface area contributed by atoms with Gasteiger partial charge in [0.1, 0.15) is 5.69 Å². The van der Waals surface area contributed by atoms with Crippen LogP contribution in [0.1, 0.15) is 47.3 Å². The number of nitrogens with zero attached hydrogens (tertiary/aromatic N) is 4. The van der Waals surface area contributed by atoms with Gasteiger partial charge in [0, 0.05) is 30.1 Å². The van der Waals surface area contributed by atoms with Gasteiger partial charge in [0.05, 0.1) is 11.4 Å². The monoisotopic (exact) mass is 341 g/mol. The maximum Gasteiger partial charge on any atom is 0.274 e. The average molecular weight is 341 g/mol. The molecule has 25 heavy (non-hydrogen) atoms. The molecule has 0 aliphatic carbocycles. The zero-order valence-corrected chi connectivity index (χ0v) is 15.0. The van der Waals surface area contributed by atoms with E-state index in [2.05, 4.69) is 37.7 Å². The maximum atomic E-state index is 12.4. The second kappa shape index (κ2) is 6.92. The first-order valence-corrected chi connectivity index (χ1v) is 8.41. The minimum Gasteiger partial charge on any atom is -0.304 e. The van der Waals surface area contributed by atoms with Crippen molar-refractivity contribution < 1.29 is 4.79 Å². The van der Waals surface area contributed by atoms with Crippen molar-refractivity contribution >= 4 is 11.7 Å². The molecule has 3 aromatic rings. The number of H-pyrrole nitrogens is 2. The Hall–Kier alpha value is -2.90. The van der Waals surface area contributed by atoms with Crippen molar-refractivity contribution in [3.05, 3.63) is 34.9 Å². The lowest BCUT2D eigenvalue weighted by molar-refractivity contribution is 0.102. The van der Waals surface area contributed by atoms with Crippen molar-refractivity contribution in [1.82, 2.24) is 30.2 Å². The van der Waals surface area contributed by atoms with E-state index in [1.807, 2.05) is 27.0 Å². The molecule has 0 saturated carbocycles. The summed E-state index contributed by atoms with van der Waals surface area (Å²) in [5.41, 5.74) is 4.94. The van der Waals surface area contributed by atoms with Crippen LogP contribution >= 0.6 is 0 Å². The van der Waals surface area contributed by atoms with Crippen LogP contribution in [-0.2, 0) is 13.5 Å². The summed E-state index contributed by atoms with van der Waals surface area (Å²) in [5.74, 6) is 0.243. The van der Waals surface area contributed by atoms with Crippen molar-refractivity contribution in [3.63, 3.8) is 0 Å². The molecule has 0 atom stereocenters. The Kier molecular flexibility index (Phi) is 4.69. The standard InChI is InChI=1S/C17H23N7O/c1-5-6-7-12-8-15(22-19-12)18-17(25)14-9-13(20-21-14)16-10(2)23-24(4)11(16)3/h8-9H,5-7H2,1-4H3,(H,20,21)(H2,18,19,22,25). The van der Waals surface area contributed by atoms with Gasteiger partial charge in [-0.3, -0.25) is 19.7 Å². The van der Waals surface area contributed by atoms with Crippen molar-refractivity contribution in [2.24, 2.45) is 7.05 Å². The van der Waals surface area contributed by atoms with Crippen LogP contribution in [0.5, 0.6) is 0 Å². The summed E-state index contributed by atoms with van der Waals surface area (Å²) in [7, 11) is 1.89. The smallest absolute Gasteiger partial charge is 0.274 e. The lowest BCUT2D eigenvalue weighted by Crippen LogP contribution is -2.12. The zero-order valence-electron chi connectivity index (χ0n) is 15.0. The summed E-state index contributed by atoms with van der Waals surface area (Å²) >= 11 is 0. The summed E-state index contributed by atoms with van der Waals surface area (Å²) < 4.78 is 1.81. The third-order valence-corrected chi connectivity index (χ3v) is 4.26. The van der Waals surface area contributed by atoms with Crippen LogP contribution in [0.4, 0.5) is 5.82 Å². The highest BCUT2D eigenvalue weighted by atomic mass is 16.2. The molecule has 0 aliphatic heterocycles. The first-order valence-electron chi connectivity index (χ1n) is 8.41. The Morgan fingerprint density at radius 3 is 2.72 bits per heavy atom. The number of aromatic amines is 2. The van der Waals surface area contributed by atoms with E-state index in [1.54, 1.807) is 10.7 Å². The molecule has 132 valence electrons. The Morgan fingerprint density at radius 1 is 1.24 bits per heavy atom. The van der Waals surface area contributed by atoms with Gasteiger partial charge < -0.3 is 5.32 Å². The highest BCUT2D eigenvalue weighted by molar-refractivity contribution is 6.03. The second-order valence-electron chi connectivity index (χ2n) is 6.17. The van der Waals surface area contributed by atoms with E-state index in [9.17, 15) is 4.79 Å². The highest BCUT2D eigenvalue weighted by Crippen LogP contribution is 2.25. The topological polar surface area (TPSA) is 104 Å². The van der Waals surface area contributed by atoms with Gasteiger partial charge in [0.2, 0.25) is 0 Å². The predicted octanol–water partition coefficient (Wildman–Crippen LogP) is 2.75. The molecule has 1 amide bonds. The SMILES string of the molecule is CCCCc1cc(NC(=O)c2cc(-c3c(C)nn(C)c3C)n[nH]2)n[nH]1. The predicted molar refractivity (Wildman–Crippen MR) is 95.4 cm³/mol. The molecule has 0 bridgehead atoms. The number of anilines is 1. The molecule has 8 heteroatoms. The van der Waals surface area contributed by atoms with Crippen LogP contribution in [0.15, 0.2) is 12.1 Å². The Labute approximate surface area is 146 Å². The number of carbonyl (C=O) groups excluding carboxylic acids is 1. The molecule has 8 nitrogen and oxygen atoms in total. The van der Waals surface area contributed by atoms with Crippen molar-refractivity contribution in [3.8, 4) is 11.3 Å². The molecule has 0 fully saturated rings. The van der Waals surface area contributed by atoms with Crippen LogP contribution in [-0.4, -0.2) is 36.1 Å². The first-order chi connectivity index (χ1) is 12.0. The van der Waals surface area contributed by atoms with E-state index in [-0.39, 0.29) is 5.91 Å². The largest absolute Gasteiger partial charge is 0.304 e. The van der Waals surface area contributed by atoms with E-state index in [0.717, 1.165) is 41.9 Å². The minimum absolute atomic E-state index is 0.272. The van der Waals surface area contributed by atoms with E-state index in [4.69, 9.17) is 0 Å². The average Bonchev–Trinajstić information content (AvgIpc) is 3.27. The Morgan fingerprint density at radius 2 is 2.04 bits per heavy atom. The third kappa shape index (κ3) is 3.47. The normalized spacial score (nSPS) is 11.0. The van der Waals surface area contributed by atoms with E-state index in [0.29, 0.717) is 17.2 Å². The minimum atomic E-state index is -0.272. The molecule has 0 saturated heterocycles. The van der Waals surface area contributed by atoms with Crippen LogP contribution in [0.25, 0.3) is 11.3 Å². The third-order valence-electron chi connectivity index (χ3n) is 4.26. The summed E-state index contributed by atoms with van der Waals surface area (Å²) in [6, 6.07) is 3.59. The van der Waals surface area contributed by atoms with Gasteiger partial charge in [0.25, 0.3) is 5.91 Å². The lowest BCUT2D eigenvalue weighted by atomic mass is 10.1. The molecule has 3 heterocycles. The van der Waals surface area contributed by atoms with Gasteiger partial charge in [-0.15, -0.1) is 0 Å². The van der Waals surface area contributed by atoms with Gasteiger partial charge in [-0.1, -0.05) is 13.3 Å². The second-order valence-corrected chi connectivity index (χ2v) is 6.17. The molecule has 0 spiro atoms. The number of nitrogens with one attached hydrogen (secondary N) is 3. The lowest BCUT2D eigenvalue weighted by Gasteiger charge is -1.98. The van der Waals surface area contributed by atoms with Gasteiger partial charge in [0.15, 0.2) is 5.82 Å². The Balaban J connectivity index is 1.73. The fraction of sp³-hybridized carbons (Fsp3) is 0.412. The molecule has 3 aromatic heterocycles. The number of rotatable bonds is 6. The summed E-state index contributed by atoms with van der Waals surface area (Å²) in [4.78, 5) is 12.4.